The van der Waals surface area contributed by atoms with Crippen LogP contribution < -0.4 is 4.72 Å². The first kappa shape index (κ1) is 16.6. The van der Waals surface area contributed by atoms with Crippen molar-refractivity contribution in [1.29, 1.82) is 0 Å². The van der Waals surface area contributed by atoms with Crippen molar-refractivity contribution >= 4 is 20.9 Å². The summed E-state index contributed by atoms with van der Waals surface area (Å²) in [5, 5.41) is 9.83. The lowest BCUT2D eigenvalue weighted by Crippen LogP contribution is -2.35. The Morgan fingerprint density at radius 3 is 2.71 bits per heavy atom. The summed E-state index contributed by atoms with van der Waals surface area (Å²) in [4.78, 5) is 3.07. The van der Waals surface area contributed by atoms with Gasteiger partial charge in [-0.05, 0) is 31.2 Å². The van der Waals surface area contributed by atoms with Crippen molar-refractivity contribution in [3.63, 3.8) is 0 Å². The predicted octanol–water partition coefficient (Wildman–Crippen LogP) is 2.63. The lowest BCUT2D eigenvalue weighted by atomic mass is 10.0. The van der Waals surface area contributed by atoms with Crippen LogP contribution in [0, 0.1) is 5.82 Å². The molecule has 0 bridgehead atoms. The van der Waals surface area contributed by atoms with Crippen LogP contribution in [-0.4, -0.2) is 31.2 Å². The van der Waals surface area contributed by atoms with Crippen molar-refractivity contribution in [3.05, 3.63) is 54.5 Å². The Morgan fingerprint density at radius 2 is 1.96 bits per heavy atom. The molecule has 0 aliphatic carbocycles. The molecule has 3 aromatic rings. The molecule has 1 aromatic heterocycles. The lowest BCUT2D eigenvalue weighted by molar-refractivity contribution is 0.265. The monoisotopic (exact) mass is 348 g/mol. The van der Waals surface area contributed by atoms with E-state index >= 15 is 0 Å². The minimum absolute atomic E-state index is 0.107. The highest BCUT2D eigenvalue weighted by Gasteiger charge is 2.22. The third kappa shape index (κ3) is 3.06. The molecule has 5 nitrogen and oxygen atoms in total. The van der Waals surface area contributed by atoms with E-state index in [0.717, 1.165) is 5.39 Å². The fourth-order valence-electron chi connectivity index (χ4n) is 2.61. The summed E-state index contributed by atoms with van der Waals surface area (Å²) in [7, 11) is -3.80. The Labute approximate surface area is 139 Å². The molecule has 3 N–H and O–H groups in total. The zero-order valence-electron chi connectivity index (χ0n) is 13.0. The predicted molar refractivity (Wildman–Crippen MR) is 90.6 cm³/mol. The summed E-state index contributed by atoms with van der Waals surface area (Å²) in [5.74, 6) is -0.366. The number of aliphatic hydroxyl groups is 1. The van der Waals surface area contributed by atoms with Gasteiger partial charge < -0.3 is 10.1 Å². The van der Waals surface area contributed by atoms with Gasteiger partial charge in [0.2, 0.25) is 10.0 Å². The molecule has 0 aliphatic rings. The van der Waals surface area contributed by atoms with E-state index < -0.39 is 16.1 Å². The topological polar surface area (TPSA) is 82.2 Å². The van der Waals surface area contributed by atoms with Crippen molar-refractivity contribution < 1.29 is 17.9 Å². The number of H-pyrrole nitrogens is 1. The van der Waals surface area contributed by atoms with Crippen molar-refractivity contribution in [2.45, 2.75) is 17.9 Å². The molecule has 7 heteroatoms. The smallest absolute Gasteiger partial charge is 0.241 e. The van der Waals surface area contributed by atoms with Gasteiger partial charge in [0.1, 0.15) is 5.82 Å². The van der Waals surface area contributed by atoms with Crippen molar-refractivity contribution in [1.82, 2.24) is 9.71 Å². The third-order valence-corrected chi connectivity index (χ3v) is 5.39. The molecule has 3 rings (SSSR count). The summed E-state index contributed by atoms with van der Waals surface area (Å²) in [6, 6.07) is 10.3. The largest absolute Gasteiger partial charge is 0.395 e. The number of nitrogens with one attached hydrogen (secondary N) is 2. The van der Waals surface area contributed by atoms with E-state index in [9.17, 15) is 12.8 Å². The number of benzene rings is 2. The average Bonchev–Trinajstić information content (AvgIpc) is 2.97. The molecule has 0 saturated heterocycles. The highest BCUT2D eigenvalue weighted by molar-refractivity contribution is 7.89. The molecular weight excluding hydrogens is 331 g/mol. The minimum atomic E-state index is -3.80. The summed E-state index contributed by atoms with van der Waals surface area (Å²) in [5.41, 5.74) is 1.77. The van der Waals surface area contributed by atoms with Crippen LogP contribution >= 0.6 is 0 Å². The van der Waals surface area contributed by atoms with Gasteiger partial charge in [-0.25, -0.2) is 17.5 Å². The number of aromatic nitrogens is 1. The molecular formula is C17H17FN2O3S. The highest BCUT2D eigenvalue weighted by atomic mass is 32.2. The fourth-order valence-corrected chi connectivity index (χ4v) is 4.07. The standard InChI is InChI=1S/C17H17FN2O3S/c1-11(10-21)20-24(22,23)17-5-3-2-4-14(17)15-9-19-16-8-12(18)6-7-13(15)16/h2-9,11,19-21H,10H2,1H3/t11-/m0/s1. The number of aromatic amines is 1. The zero-order chi connectivity index (χ0) is 17.3. The van der Waals surface area contributed by atoms with Crippen LogP contribution in [0.15, 0.2) is 53.6 Å². The molecule has 0 aliphatic heterocycles. The van der Waals surface area contributed by atoms with Crippen LogP contribution in [-0.2, 0) is 10.0 Å². The van der Waals surface area contributed by atoms with E-state index in [4.69, 9.17) is 5.11 Å². The average molecular weight is 348 g/mol. The van der Waals surface area contributed by atoms with Crippen LogP contribution in [0.25, 0.3) is 22.0 Å². The van der Waals surface area contributed by atoms with E-state index in [-0.39, 0.29) is 17.3 Å². The Hall–Kier alpha value is -2.22. The molecule has 0 fully saturated rings. The van der Waals surface area contributed by atoms with Crippen LogP contribution in [0.4, 0.5) is 4.39 Å². The third-order valence-electron chi connectivity index (χ3n) is 3.74. The molecule has 24 heavy (non-hydrogen) atoms. The van der Waals surface area contributed by atoms with Crippen molar-refractivity contribution in [3.8, 4) is 11.1 Å². The minimum Gasteiger partial charge on any atom is -0.395 e. The molecule has 2 aromatic carbocycles. The van der Waals surface area contributed by atoms with Gasteiger partial charge in [-0.1, -0.05) is 18.2 Å². The van der Waals surface area contributed by atoms with Crippen LogP contribution in [0.2, 0.25) is 0 Å². The van der Waals surface area contributed by atoms with Gasteiger partial charge in [0.05, 0.1) is 11.5 Å². The number of aliphatic hydroxyl groups excluding tert-OH is 1. The molecule has 0 unspecified atom stereocenters. The summed E-state index contributed by atoms with van der Waals surface area (Å²) >= 11 is 0. The normalized spacial score (nSPS) is 13.3. The first-order valence-electron chi connectivity index (χ1n) is 7.41. The van der Waals surface area contributed by atoms with Gasteiger partial charge in [0, 0.05) is 34.3 Å². The molecule has 0 radical (unpaired) electrons. The van der Waals surface area contributed by atoms with E-state index in [2.05, 4.69) is 9.71 Å². The molecule has 1 atom stereocenters. The number of sulfonamides is 1. The summed E-state index contributed by atoms with van der Waals surface area (Å²) in [6.45, 7) is 1.28. The quantitative estimate of drug-likeness (QED) is 0.663. The van der Waals surface area contributed by atoms with Crippen LogP contribution in [0.3, 0.4) is 0 Å². The van der Waals surface area contributed by atoms with Crippen LogP contribution in [0.1, 0.15) is 6.92 Å². The SMILES string of the molecule is C[C@@H](CO)NS(=O)(=O)c1ccccc1-c1c[nH]c2cc(F)ccc12. The number of hydrogen-bond acceptors (Lipinski definition) is 3. The number of hydrogen-bond donors (Lipinski definition) is 3. The maximum Gasteiger partial charge on any atom is 0.241 e. The maximum atomic E-state index is 13.3. The fraction of sp³-hybridized carbons (Fsp3) is 0.176. The number of rotatable bonds is 5. The molecule has 0 saturated carbocycles. The summed E-state index contributed by atoms with van der Waals surface area (Å²) in [6.07, 6.45) is 1.66. The first-order valence-corrected chi connectivity index (χ1v) is 8.90. The second-order valence-corrected chi connectivity index (χ2v) is 7.28. The van der Waals surface area contributed by atoms with Gasteiger partial charge >= 0.3 is 0 Å². The van der Waals surface area contributed by atoms with Crippen molar-refractivity contribution in [2.75, 3.05) is 6.61 Å². The van der Waals surface area contributed by atoms with Gasteiger partial charge in [-0.2, -0.15) is 0 Å². The van der Waals surface area contributed by atoms with Gasteiger partial charge in [0.25, 0.3) is 0 Å². The molecule has 0 spiro atoms. The van der Waals surface area contributed by atoms with Crippen LogP contribution in [0.5, 0.6) is 0 Å². The Kier molecular flexibility index (Phi) is 4.40. The Morgan fingerprint density at radius 1 is 1.21 bits per heavy atom. The van der Waals surface area contributed by atoms with E-state index in [0.29, 0.717) is 16.6 Å². The van der Waals surface area contributed by atoms with E-state index in [1.165, 1.54) is 18.2 Å². The second kappa shape index (κ2) is 6.35. The van der Waals surface area contributed by atoms with E-state index in [1.807, 2.05) is 0 Å². The Bertz CT molecular complexity index is 982. The lowest BCUT2D eigenvalue weighted by Gasteiger charge is -2.14. The number of fused-ring (bicyclic) bond motifs is 1. The van der Waals surface area contributed by atoms with E-state index in [1.54, 1.807) is 37.4 Å². The molecule has 0 amide bonds. The first-order chi connectivity index (χ1) is 11.4. The molecule has 126 valence electrons. The van der Waals surface area contributed by atoms with Gasteiger partial charge in [0.15, 0.2) is 0 Å². The maximum absolute atomic E-state index is 13.3. The highest BCUT2D eigenvalue weighted by Crippen LogP contribution is 2.33. The second-order valence-electron chi connectivity index (χ2n) is 5.59. The zero-order valence-corrected chi connectivity index (χ0v) is 13.8. The van der Waals surface area contributed by atoms with Crippen molar-refractivity contribution in [2.24, 2.45) is 0 Å². The Balaban J connectivity index is 2.16. The van der Waals surface area contributed by atoms with Gasteiger partial charge in [-0.3, -0.25) is 0 Å². The molecule has 1 heterocycles. The number of halogens is 1. The summed E-state index contributed by atoms with van der Waals surface area (Å²) < 4.78 is 41.0. The van der Waals surface area contributed by atoms with Gasteiger partial charge in [-0.15, -0.1) is 0 Å².